The van der Waals surface area contributed by atoms with Crippen molar-refractivity contribution < 1.29 is 0 Å². The highest BCUT2D eigenvalue weighted by Gasteiger charge is 2.24. The molecule has 298 valence electrons. The van der Waals surface area contributed by atoms with E-state index in [1.54, 1.807) is 0 Å². The Bertz CT molecular complexity index is 3710. The Kier molecular flexibility index (Phi) is 8.81. The fraction of sp³-hybridized carbons (Fsp3) is 0. The Labute approximate surface area is 370 Å². The molecule has 0 saturated heterocycles. The minimum Gasteiger partial charge on any atom is -0.308 e. The summed E-state index contributed by atoms with van der Waals surface area (Å²) in [6.07, 6.45) is 0. The molecule has 12 rings (SSSR count). The molecule has 0 saturated carbocycles. The second-order valence-corrected chi connectivity index (χ2v) is 16.1. The SMILES string of the molecule is N#Cc1cc(-n2c3ccccc3c3cc(-c4ccccc4)ccc32)c(-c2nc(-c3ccccc3)cc(-c3ccccc3)n2)cc1-n1c2ccccc2c2cc(-c3ccccc3)ccc21. The zero-order valence-corrected chi connectivity index (χ0v) is 34.6. The molecule has 0 aliphatic carbocycles. The standard InChI is InChI=1S/C59H37N5/c60-38-45-35-58(64-54-28-16-14-26-47(54)49-34-44(30-32-56(49)64)40-19-7-2-8-20-40)50(59-61-51(41-21-9-3-10-22-41)37-52(62-59)42-23-11-4-12-24-42)36-57(45)63-53-27-15-13-25-46(53)48-33-43(29-31-55(48)63)39-17-5-1-6-18-39/h1-37H. The van der Waals surface area contributed by atoms with Crippen LogP contribution in [0.4, 0.5) is 0 Å². The van der Waals surface area contributed by atoms with Crippen LogP contribution in [0.25, 0.3) is 111 Å². The van der Waals surface area contributed by atoms with Crippen LogP contribution in [-0.4, -0.2) is 19.1 Å². The summed E-state index contributed by atoms with van der Waals surface area (Å²) in [5, 5.41) is 15.8. The van der Waals surface area contributed by atoms with Crippen molar-refractivity contribution in [1.29, 1.82) is 5.26 Å². The van der Waals surface area contributed by atoms with Gasteiger partial charge in [-0.1, -0.05) is 170 Å². The van der Waals surface area contributed by atoms with Crippen molar-refractivity contribution in [2.45, 2.75) is 0 Å². The van der Waals surface area contributed by atoms with E-state index in [1.165, 1.54) is 0 Å². The topological polar surface area (TPSA) is 59.4 Å². The number of nitriles is 1. The van der Waals surface area contributed by atoms with Crippen LogP contribution in [0, 0.1) is 11.3 Å². The summed E-state index contributed by atoms with van der Waals surface area (Å²) in [6.45, 7) is 0. The smallest absolute Gasteiger partial charge is 0.162 e. The van der Waals surface area contributed by atoms with Crippen molar-refractivity contribution in [2.24, 2.45) is 0 Å². The molecule has 0 atom stereocenters. The van der Waals surface area contributed by atoms with Gasteiger partial charge >= 0.3 is 0 Å². The summed E-state index contributed by atoms with van der Waals surface area (Å²) in [6, 6.07) is 80.7. The van der Waals surface area contributed by atoms with Crippen molar-refractivity contribution in [1.82, 2.24) is 19.1 Å². The number of para-hydroxylation sites is 2. The molecular formula is C59H37N5. The van der Waals surface area contributed by atoms with E-state index in [1.807, 2.05) is 54.6 Å². The molecule has 0 unspecified atom stereocenters. The molecule has 64 heavy (non-hydrogen) atoms. The summed E-state index contributed by atoms with van der Waals surface area (Å²) in [5.41, 5.74) is 15.1. The molecule has 0 spiro atoms. The average Bonchev–Trinajstić information content (AvgIpc) is 3.89. The van der Waals surface area contributed by atoms with E-state index >= 15 is 0 Å². The van der Waals surface area contributed by atoms with Crippen LogP contribution in [0.1, 0.15) is 5.56 Å². The maximum absolute atomic E-state index is 11.3. The first kappa shape index (κ1) is 37.0. The monoisotopic (exact) mass is 815 g/mol. The first-order chi connectivity index (χ1) is 31.7. The molecule has 5 nitrogen and oxygen atoms in total. The molecule has 0 aliphatic rings. The Morgan fingerprint density at radius 2 is 0.734 bits per heavy atom. The Hall–Kier alpha value is -8.85. The van der Waals surface area contributed by atoms with Crippen LogP contribution in [0.5, 0.6) is 0 Å². The van der Waals surface area contributed by atoms with Crippen LogP contribution >= 0.6 is 0 Å². The Morgan fingerprint density at radius 1 is 0.328 bits per heavy atom. The van der Waals surface area contributed by atoms with Crippen molar-refractivity contribution in [2.75, 3.05) is 0 Å². The van der Waals surface area contributed by atoms with E-state index in [-0.39, 0.29) is 0 Å². The van der Waals surface area contributed by atoms with Gasteiger partial charge in [-0.3, -0.25) is 0 Å². The van der Waals surface area contributed by atoms with E-state index in [0.717, 1.165) is 105 Å². The van der Waals surface area contributed by atoms with Crippen LogP contribution in [0.2, 0.25) is 0 Å². The number of rotatable bonds is 7. The van der Waals surface area contributed by atoms with Gasteiger partial charge in [0.1, 0.15) is 6.07 Å². The van der Waals surface area contributed by atoms with Crippen LogP contribution < -0.4 is 0 Å². The van der Waals surface area contributed by atoms with Gasteiger partial charge in [-0.2, -0.15) is 5.26 Å². The number of aromatic nitrogens is 4. The van der Waals surface area contributed by atoms with Crippen molar-refractivity contribution in [3.63, 3.8) is 0 Å². The van der Waals surface area contributed by atoms with Gasteiger partial charge in [0.2, 0.25) is 0 Å². The van der Waals surface area contributed by atoms with Gasteiger partial charge in [0.05, 0.1) is 50.4 Å². The first-order valence-electron chi connectivity index (χ1n) is 21.5. The van der Waals surface area contributed by atoms with E-state index < -0.39 is 0 Å². The lowest BCUT2D eigenvalue weighted by molar-refractivity contribution is 1.11. The van der Waals surface area contributed by atoms with Gasteiger partial charge in [0.25, 0.3) is 0 Å². The number of hydrogen-bond acceptors (Lipinski definition) is 3. The highest BCUT2D eigenvalue weighted by molar-refractivity contribution is 6.12. The summed E-state index contributed by atoms with van der Waals surface area (Å²) >= 11 is 0. The van der Waals surface area contributed by atoms with Crippen LogP contribution in [-0.2, 0) is 0 Å². The number of benzene rings is 9. The van der Waals surface area contributed by atoms with Crippen LogP contribution in [0.15, 0.2) is 224 Å². The Morgan fingerprint density at radius 3 is 1.20 bits per heavy atom. The van der Waals surface area contributed by atoms with Gasteiger partial charge in [-0.15, -0.1) is 0 Å². The lowest BCUT2D eigenvalue weighted by Gasteiger charge is -2.19. The third-order valence-electron chi connectivity index (χ3n) is 12.4. The van der Waals surface area contributed by atoms with Gasteiger partial charge < -0.3 is 9.13 Å². The molecule has 0 fully saturated rings. The van der Waals surface area contributed by atoms with Crippen LogP contribution in [0.3, 0.4) is 0 Å². The van der Waals surface area contributed by atoms with Gasteiger partial charge in [0, 0.05) is 38.2 Å². The average molecular weight is 816 g/mol. The molecule has 0 aliphatic heterocycles. The molecule has 3 aromatic heterocycles. The molecule has 0 amide bonds. The minimum atomic E-state index is 0.530. The zero-order chi connectivity index (χ0) is 42.6. The largest absolute Gasteiger partial charge is 0.308 e. The second-order valence-electron chi connectivity index (χ2n) is 16.1. The maximum Gasteiger partial charge on any atom is 0.162 e. The summed E-state index contributed by atoms with van der Waals surface area (Å²) in [4.78, 5) is 10.8. The predicted octanol–water partition coefficient (Wildman–Crippen LogP) is 14.9. The third kappa shape index (κ3) is 6.16. The molecule has 0 radical (unpaired) electrons. The van der Waals surface area contributed by atoms with Crippen molar-refractivity contribution >= 4 is 43.6 Å². The van der Waals surface area contributed by atoms with Crippen molar-refractivity contribution in [3.8, 4) is 73.6 Å². The lowest BCUT2D eigenvalue weighted by Crippen LogP contribution is -2.06. The highest BCUT2D eigenvalue weighted by Crippen LogP contribution is 2.42. The highest BCUT2D eigenvalue weighted by atomic mass is 15.0. The summed E-state index contributed by atoms with van der Waals surface area (Å²) in [7, 11) is 0. The van der Waals surface area contributed by atoms with E-state index in [0.29, 0.717) is 11.4 Å². The quantitative estimate of drug-likeness (QED) is 0.161. The molecule has 5 heteroatoms. The minimum absolute atomic E-state index is 0.530. The first-order valence-corrected chi connectivity index (χ1v) is 21.5. The van der Waals surface area contributed by atoms with Gasteiger partial charge in [-0.05, 0) is 76.9 Å². The lowest BCUT2D eigenvalue weighted by atomic mass is 10.0. The second kappa shape index (κ2) is 15.3. The summed E-state index contributed by atoms with van der Waals surface area (Å²) in [5.74, 6) is 0.555. The number of nitrogens with zero attached hydrogens (tertiary/aromatic N) is 5. The van der Waals surface area contributed by atoms with Gasteiger partial charge in [-0.25, -0.2) is 9.97 Å². The Balaban J connectivity index is 1.19. The number of hydrogen-bond donors (Lipinski definition) is 0. The molecule has 9 aromatic carbocycles. The fourth-order valence-corrected chi connectivity index (χ4v) is 9.38. The summed E-state index contributed by atoms with van der Waals surface area (Å²) < 4.78 is 4.53. The normalized spacial score (nSPS) is 11.4. The molecule has 0 bridgehead atoms. The van der Waals surface area contributed by atoms with Crippen molar-refractivity contribution in [3.05, 3.63) is 230 Å². The third-order valence-corrected chi connectivity index (χ3v) is 12.4. The van der Waals surface area contributed by atoms with E-state index in [9.17, 15) is 5.26 Å². The fourth-order valence-electron chi connectivity index (χ4n) is 9.38. The molecule has 0 N–H and O–H groups in total. The maximum atomic E-state index is 11.3. The molecule has 12 aromatic rings. The van der Waals surface area contributed by atoms with E-state index in [4.69, 9.17) is 9.97 Å². The molecular weight excluding hydrogens is 779 g/mol. The molecule has 3 heterocycles. The van der Waals surface area contributed by atoms with Gasteiger partial charge in [0.15, 0.2) is 5.82 Å². The zero-order valence-electron chi connectivity index (χ0n) is 34.6. The van der Waals surface area contributed by atoms with E-state index in [2.05, 4.69) is 185 Å². The number of fused-ring (bicyclic) bond motifs is 6. The predicted molar refractivity (Wildman–Crippen MR) is 263 cm³/mol.